The predicted molar refractivity (Wildman–Crippen MR) is 74.7 cm³/mol. The van der Waals surface area contributed by atoms with E-state index < -0.39 is 29.6 Å². The van der Waals surface area contributed by atoms with E-state index in [1.165, 1.54) is 11.9 Å². The van der Waals surface area contributed by atoms with Crippen LogP contribution < -0.4 is 0 Å². The van der Waals surface area contributed by atoms with Crippen molar-refractivity contribution in [2.75, 3.05) is 14.1 Å². The van der Waals surface area contributed by atoms with Crippen molar-refractivity contribution in [1.82, 2.24) is 9.80 Å². The summed E-state index contributed by atoms with van der Waals surface area (Å²) in [6.07, 6.45) is 1.49. The molecule has 110 valence electrons. The van der Waals surface area contributed by atoms with Gasteiger partial charge >= 0.3 is 6.03 Å². The van der Waals surface area contributed by atoms with Gasteiger partial charge in [-0.25, -0.2) is 9.18 Å². The van der Waals surface area contributed by atoms with Crippen LogP contribution >= 0.6 is 0 Å². The fourth-order valence-corrected chi connectivity index (χ4v) is 4.61. The lowest BCUT2D eigenvalue weighted by Gasteiger charge is -2.58. The van der Waals surface area contributed by atoms with E-state index in [0.717, 1.165) is 22.4 Å². The molecule has 4 atom stereocenters. The molecule has 21 heavy (non-hydrogen) atoms. The standard InChI is InChI=1S/C16H17FN2O2/c1-18-13-11-7-8-12(10-6-4-3-5-9(10)11)16(13,17)14(20)19(2)15(18)21/h3-6,11-13H,7-8H2,1-2H3/t11-,12+,13+,16+/m0/s1. The van der Waals surface area contributed by atoms with Crippen LogP contribution in [0.1, 0.15) is 35.8 Å². The summed E-state index contributed by atoms with van der Waals surface area (Å²) in [4.78, 5) is 27.1. The first-order valence-corrected chi connectivity index (χ1v) is 7.30. The third-order valence-electron chi connectivity index (χ3n) is 5.49. The summed E-state index contributed by atoms with van der Waals surface area (Å²) in [6.45, 7) is 0. The zero-order valence-corrected chi connectivity index (χ0v) is 12.0. The van der Waals surface area contributed by atoms with Crippen molar-refractivity contribution in [2.24, 2.45) is 0 Å². The van der Waals surface area contributed by atoms with E-state index in [2.05, 4.69) is 0 Å². The Kier molecular flexibility index (Phi) is 2.34. The molecule has 0 N–H and O–H groups in total. The summed E-state index contributed by atoms with van der Waals surface area (Å²) >= 11 is 0. The number of amides is 3. The Balaban J connectivity index is 1.96. The maximum atomic E-state index is 15.9. The van der Waals surface area contributed by atoms with E-state index in [9.17, 15) is 9.59 Å². The van der Waals surface area contributed by atoms with Crippen molar-refractivity contribution in [1.29, 1.82) is 0 Å². The molecule has 0 radical (unpaired) electrons. The Bertz CT molecular complexity index is 661. The Morgan fingerprint density at radius 2 is 1.81 bits per heavy atom. The summed E-state index contributed by atoms with van der Waals surface area (Å²) in [5, 5.41) is 0. The van der Waals surface area contributed by atoms with E-state index in [-0.39, 0.29) is 5.92 Å². The van der Waals surface area contributed by atoms with Crippen LogP contribution in [-0.4, -0.2) is 47.5 Å². The first-order valence-electron chi connectivity index (χ1n) is 7.30. The molecule has 4 nitrogen and oxygen atoms in total. The number of fused-ring (bicyclic) bond motifs is 1. The summed E-state index contributed by atoms with van der Waals surface area (Å²) in [7, 11) is 2.97. The lowest BCUT2D eigenvalue weighted by molar-refractivity contribution is -0.158. The molecule has 1 saturated heterocycles. The van der Waals surface area contributed by atoms with Crippen LogP contribution in [0.2, 0.25) is 0 Å². The molecule has 1 aromatic carbocycles. The number of urea groups is 1. The van der Waals surface area contributed by atoms with Crippen molar-refractivity contribution in [3.63, 3.8) is 0 Å². The first-order chi connectivity index (χ1) is 9.98. The molecule has 4 aliphatic rings. The van der Waals surface area contributed by atoms with Gasteiger partial charge in [-0.15, -0.1) is 0 Å². The number of hydrogen-bond donors (Lipinski definition) is 0. The van der Waals surface area contributed by atoms with Gasteiger partial charge < -0.3 is 4.90 Å². The van der Waals surface area contributed by atoms with Crippen molar-refractivity contribution in [2.45, 2.75) is 36.4 Å². The van der Waals surface area contributed by atoms with Crippen LogP contribution in [0.25, 0.3) is 0 Å². The molecule has 3 amide bonds. The van der Waals surface area contributed by atoms with Crippen LogP contribution in [0.5, 0.6) is 0 Å². The number of alkyl halides is 1. The number of hydrogen-bond acceptors (Lipinski definition) is 2. The fraction of sp³-hybridized carbons (Fsp3) is 0.500. The van der Waals surface area contributed by atoms with Gasteiger partial charge in [0, 0.05) is 25.9 Å². The van der Waals surface area contributed by atoms with Gasteiger partial charge in [0.1, 0.15) is 0 Å². The van der Waals surface area contributed by atoms with Crippen molar-refractivity contribution in [3.8, 4) is 0 Å². The average molecular weight is 288 g/mol. The summed E-state index contributed by atoms with van der Waals surface area (Å²) in [5.74, 6) is -1.23. The molecule has 1 aliphatic heterocycles. The van der Waals surface area contributed by atoms with E-state index in [1.807, 2.05) is 24.3 Å². The minimum atomic E-state index is -1.99. The van der Waals surface area contributed by atoms with Crippen LogP contribution in [0.15, 0.2) is 24.3 Å². The molecule has 5 heteroatoms. The Hall–Kier alpha value is -1.91. The number of carbonyl (C=O) groups is 2. The molecule has 0 unspecified atom stereocenters. The number of carbonyl (C=O) groups excluding carboxylic acids is 2. The number of imide groups is 1. The molecule has 5 rings (SSSR count). The second-order valence-electron chi connectivity index (χ2n) is 6.34. The van der Waals surface area contributed by atoms with E-state index in [1.54, 1.807) is 7.05 Å². The maximum Gasteiger partial charge on any atom is 0.326 e. The lowest BCUT2D eigenvalue weighted by atomic mass is 9.56. The minimum absolute atomic E-state index is 0.0946. The largest absolute Gasteiger partial charge is 0.326 e. The third kappa shape index (κ3) is 1.30. The van der Waals surface area contributed by atoms with E-state index in [0.29, 0.717) is 6.42 Å². The molecular formula is C16H17FN2O2. The first kappa shape index (κ1) is 12.8. The zero-order chi connectivity index (χ0) is 14.9. The van der Waals surface area contributed by atoms with Crippen LogP contribution in [-0.2, 0) is 4.79 Å². The smallest absolute Gasteiger partial charge is 0.320 e. The quantitative estimate of drug-likeness (QED) is 0.734. The molecule has 1 saturated carbocycles. The molecule has 0 aromatic heterocycles. The molecular weight excluding hydrogens is 271 g/mol. The SMILES string of the molecule is CN1C(=O)N(C)[C@@H]2[C@H]3CC[C@H](c4ccccc43)[C@]2(F)C1=O. The van der Waals surface area contributed by atoms with Gasteiger partial charge in [0.2, 0.25) is 5.67 Å². The Morgan fingerprint density at radius 1 is 1.14 bits per heavy atom. The number of rotatable bonds is 0. The van der Waals surface area contributed by atoms with Crippen LogP contribution in [0, 0.1) is 0 Å². The number of halogens is 1. The highest BCUT2D eigenvalue weighted by Gasteiger charge is 2.67. The molecule has 2 fully saturated rings. The zero-order valence-electron chi connectivity index (χ0n) is 12.0. The van der Waals surface area contributed by atoms with Gasteiger partial charge in [-0.3, -0.25) is 9.69 Å². The Labute approximate surface area is 122 Å². The number of nitrogens with zero attached hydrogens (tertiary/aromatic N) is 2. The van der Waals surface area contributed by atoms with Crippen molar-refractivity contribution >= 4 is 11.9 Å². The normalized spacial score (nSPS) is 37.6. The second kappa shape index (κ2) is 3.84. The fourth-order valence-electron chi connectivity index (χ4n) is 4.61. The number of benzene rings is 1. The minimum Gasteiger partial charge on any atom is -0.320 e. The summed E-state index contributed by atoms with van der Waals surface area (Å²) < 4.78 is 15.9. The topological polar surface area (TPSA) is 40.6 Å². The predicted octanol–water partition coefficient (Wildman–Crippen LogP) is 2.26. The van der Waals surface area contributed by atoms with Gasteiger partial charge in [-0.2, -0.15) is 0 Å². The van der Waals surface area contributed by atoms with Crippen LogP contribution in [0.3, 0.4) is 0 Å². The highest BCUT2D eigenvalue weighted by molar-refractivity contribution is 6.03. The van der Waals surface area contributed by atoms with Crippen LogP contribution in [0.4, 0.5) is 9.18 Å². The van der Waals surface area contributed by atoms with Crippen molar-refractivity contribution < 1.29 is 14.0 Å². The summed E-state index contributed by atoms with van der Waals surface area (Å²) in [6, 6.07) is 6.67. The van der Waals surface area contributed by atoms with E-state index >= 15 is 4.39 Å². The highest BCUT2D eigenvalue weighted by Crippen LogP contribution is 2.59. The van der Waals surface area contributed by atoms with Gasteiger partial charge in [-0.05, 0) is 24.0 Å². The number of likely N-dealkylation sites (N-methyl/N-ethyl adjacent to an activating group) is 1. The Morgan fingerprint density at radius 3 is 2.52 bits per heavy atom. The van der Waals surface area contributed by atoms with Gasteiger partial charge in [0.25, 0.3) is 5.91 Å². The van der Waals surface area contributed by atoms with Crippen molar-refractivity contribution in [3.05, 3.63) is 35.4 Å². The molecule has 0 spiro atoms. The summed E-state index contributed by atoms with van der Waals surface area (Å²) in [5.41, 5.74) is 0.0512. The van der Waals surface area contributed by atoms with E-state index in [4.69, 9.17) is 0 Å². The lowest BCUT2D eigenvalue weighted by Crippen LogP contribution is -2.73. The van der Waals surface area contributed by atoms with Gasteiger partial charge in [-0.1, -0.05) is 24.3 Å². The maximum absolute atomic E-state index is 15.9. The molecule has 2 bridgehead atoms. The molecule has 1 heterocycles. The molecule has 3 aliphatic carbocycles. The third-order valence-corrected chi connectivity index (χ3v) is 5.49. The van der Waals surface area contributed by atoms with Gasteiger partial charge in [0.15, 0.2) is 0 Å². The average Bonchev–Trinajstić information content (AvgIpc) is 2.51. The molecule has 1 aromatic rings. The highest BCUT2D eigenvalue weighted by atomic mass is 19.1. The monoisotopic (exact) mass is 288 g/mol. The second-order valence-corrected chi connectivity index (χ2v) is 6.34. The van der Waals surface area contributed by atoms with Gasteiger partial charge in [0.05, 0.1) is 6.04 Å².